The summed E-state index contributed by atoms with van der Waals surface area (Å²) in [7, 11) is 0. The lowest BCUT2D eigenvalue weighted by Crippen LogP contribution is -2.13. The number of carboxylic acid groups (broad SMARTS) is 1. The average molecular weight is 267 g/mol. The van der Waals surface area contributed by atoms with Gasteiger partial charge in [-0.1, -0.05) is 6.07 Å². The smallest absolute Gasteiger partial charge is 0.379 e. The first-order valence-corrected chi connectivity index (χ1v) is 5.83. The van der Waals surface area contributed by atoms with Gasteiger partial charge in [0.05, 0.1) is 5.52 Å². The quantitative estimate of drug-likeness (QED) is 0.576. The van der Waals surface area contributed by atoms with Gasteiger partial charge in [0.25, 0.3) is 5.78 Å². The Morgan fingerprint density at radius 3 is 2.55 bits per heavy atom. The molecule has 6 nitrogen and oxygen atoms in total. The Balaban J connectivity index is 2.30. The third kappa shape index (κ3) is 1.83. The molecule has 0 unspecified atom stereocenters. The first-order chi connectivity index (χ1) is 9.68. The standard InChI is InChI=1S/C14H9N3O3/c18-12(14(19)20)11-10-3-1-2-8-17(10)13(16-11)9-4-6-15-7-5-9/h1-8H,(H,19,20). The molecule has 3 aromatic heterocycles. The predicted octanol–water partition coefficient (Wildman–Crippen LogP) is 1.66. The van der Waals surface area contributed by atoms with Crippen LogP contribution in [-0.2, 0) is 4.79 Å². The Morgan fingerprint density at radius 2 is 1.85 bits per heavy atom. The molecule has 98 valence electrons. The Bertz CT molecular complexity index is 809. The van der Waals surface area contributed by atoms with E-state index in [2.05, 4.69) is 9.97 Å². The van der Waals surface area contributed by atoms with Gasteiger partial charge in [-0.05, 0) is 24.3 Å². The lowest BCUT2D eigenvalue weighted by Gasteiger charge is -1.99. The fourth-order valence-electron chi connectivity index (χ4n) is 2.01. The summed E-state index contributed by atoms with van der Waals surface area (Å²) in [5.41, 5.74) is 1.15. The first-order valence-electron chi connectivity index (χ1n) is 5.83. The van der Waals surface area contributed by atoms with Crippen LogP contribution in [-0.4, -0.2) is 31.2 Å². The number of carbonyl (C=O) groups is 2. The number of imidazole rings is 1. The molecule has 0 saturated carbocycles. The van der Waals surface area contributed by atoms with Crippen LogP contribution in [0.1, 0.15) is 10.5 Å². The van der Waals surface area contributed by atoms with Crippen LogP contribution in [0.2, 0.25) is 0 Å². The molecule has 0 saturated heterocycles. The van der Waals surface area contributed by atoms with Crippen molar-refractivity contribution in [3.63, 3.8) is 0 Å². The number of ketones is 1. The molecule has 0 fully saturated rings. The van der Waals surface area contributed by atoms with Crippen molar-refractivity contribution < 1.29 is 14.7 Å². The average Bonchev–Trinajstić information content (AvgIpc) is 2.87. The zero-order valence-corrected chi connectivity index (χ0v) is 10.2. The summed E-state index contributed by atoms with van der Waals surface area (Å²) in [5.74, 6) is -2.03. The molecular formula is C14H9N3O3. The number of hydrogen-bond acceptors (Lipinski definition) is 4. The number of fused-ring (bicyclic) bond motifs is 1. The molecule has 6 heteroatoms. The molecule has 0 bridgehead atoms. The minimum absolute atomic E-state index is 0.0649. The maximum absolute atomic E-state index is 11.7. The molecule has 0 aliphatic rings. The number of Topliss-reactive ketones (excluding diaryl/α,β-unsaturated/α-hetero) is 1. The molecule has 20 heavy (non-hydrogen) atoms. The van der Waals surface area contributed by atoms with E-state index in [1.54, 1.807) is 53.3 Å². The highest BCUT2D eigenvalue weighted by Gasteiger charge is 2.23. The fourth-order valence-corrected chi connectivity index (χ4v) is 2.01. The SMILES string of the molecule is O=C(O)C(=O)c1nc(-c2ccncc2)n2ccccc12. The highest BCUT2D eigenvalue weighted by atomic mass is 16.4. The molecule has 3 rings (SSSR count). The first kappa shape index (κ1) is 12.0. The normalized spacial score (nSPS) is 10.6. The Morgan fingerprint density at radius 1 is 1.10 bits per heavy atom. The van der Waals surface area contributed by atoms with E-state index >= 15 is 0 Å². The lowest BCUT2D eigenvalue weighted by molar-refractivity contribution is -0.131. The van der Waals surface area contributed by atoms with E-state index in [4.69, 9.17) is 5.11 Å². The number of aliphatic carboxylic acids is 1. The zero-order valence-electron chi connectivity index (χ0n) is 10.2. The molecule has 3 aromatic rings. The molecule has 0 aromatic carbocycles. The van der Waals surface area contributed by atoms with Gasteiger partial charge in [-0.3, -0.25) is 14.2 Å². The highest BCUT2D eigenvalue weighted by Crippen LogP contribution is 2.22. The van der Waals surface area contributed by atoms with Crippen molar-refractivity contribution in [1.82, 2.24) is 14.4 Å². The van der Waals surface area contributed by atoms with Crippen molar-refractivity contribution in [1.29, 1.82) is 0 Å². The van der Waals surface area contributed by atoms with E-state index in [9.17, 15) is 9.59 Å². The molecule has 0 aliphatic heterocycles. The number of carbonyl (C=O) groups excluding carboxylic acids is 1. The molecule has 0 spiro atoms. The summed E-state index contributed by atoms with van der Waals surface area (Å²) in [5, 5.41) is 8.87. The van der Waals surface area contributed by atoms with Gasteiger partial charge in [0, 0.05) is 24.2 Å². The van der Waals surface area contributed by atoms with Crippen LogP contribution >= 0.6 is 0 Å². The maximum atomic E-state index is 11.7. The molecule has 0 radical (unpaired) electrons. The minimum atomic E-state index is -1.52. The molecule has 1 N–H and O–H groups in total. The van der Waals surface area contributed by atoms with Gasteiger partial charge in [-0.25, -0.2) is 9.78 Å². The summed E-state index contributed by atoms with van der Waals surface area (Å²) in [4.78, 5) is 30.7. The molecule has 0 atom stereocenters. The summed E-state index contributed by atoms with van der Waals surface area (Å²) >= 11 is 0. The van der Waals surface area contributed by atoms with E-state index in [0.29, 0.717) is 11.3 Å². The van der Waals surface area contributed by atoms with Gasteiger partial charge in [-0.15, -0.1) is 0 Å². The number of nitrogens with zero attached hydrogens (tertiary/aromatic N) is 3. The Hall–Kier alpha value is -3.02. The zero-order chi connectivity index (χ0) is 14.1. The van der Waals surface area contributed by atoms with Crippen molar-refractivity contribution in [2.24, 2.45) is 0 Å². The van der Waals surface area contributed by atoms with Gasteiger partial charge in [0.15, 0.2) is 0 Å². The van der Waals surface area contributed by atoms with Crippen molar-refractivity contribution >= 4 is 17.3 Å². The van der Waals surface area contributed by atoms with Crippen molar-refractivity contribution in [2.75, 3.05) is 0 Å². The van der Waals surface area contributed by atoms with Crippen LogP contribution < -0.4 is 0 Å². The van der Waals surface area contributed by atoms with E-state index in [1.807, 2.05) is 0 Å². The van der Waals surface area contributed by atoms with Crippen LogP contribution in [0.3, 0.4) is 0 Å². The molecular weight excluding hydrogens is 258 g/mol. The monoisotopic (exact) mass is 267 g/mol. The van der Waals surface area contributed by atoms with Crippen molar-refractivity contribution in [2.45, 2.75) is 0 Å². The van der Waals surface area contributed by atoms with Crippen molar-refractivity contribution in [3.8, 4) is 11.4 Å². The van der Waals surface area contributed by atoms with Crippen molar-refractivity contribution in [3.05, 3.63) is 54.6 Å². The van der Waals surface area contributed by atoms with Crippen LogP contribution in [0, 0.1) is 0 Å². The van der Waals surface area contributed by atoms with Crippen LogP contribution in [0.25, 0.3) is 16.9 Å². The second-order valence-corrected chi connectivity index (χ2v) is 4.11. The molecule has 0 amide bonds. The highest BCUT2D eigenvalue weighted by molar-refractivity contribution is 6.40. The summed E-state index contributed by atoms with van der Waals surface area (Å²) in [6.07, 6.45) is 4.95. The Labute approximate surface area is 113 Å². The second-order valence-electron chi connectivity index (χ2n) is 4.11. The van der Waals surface area contributed by atoms with E-state index in [1.165, 1.54) is 0 Å². The van der Waals surface area contributed by atoms with Gasteiger partial charge in [0.1, 0.15) is 11.5 Å². The van der Waals surface area contributed by atoms with E-state index in [-0.39, 0.29) is 5.69 Å². The van der Waals surface area contributed by atoms with E-state index < -0.39 is 11.8 Å². The number of hydrogen-bond donors (Lipinski definition) is 1. The predicted molar refractivity (Wildman–Crippen MR) is 70.4 cm³/mol. The van der Waals surface area contributed by atoms with Crippen LogP contribution in [0.5, 0.6) is 0 Å². The van der Waals surface area contributed by atoms with Gasteiger partial charge in [-0.2, -0.15) is 0 Å². The lowest BCUT2D eigenvalue weighted by atomic mass is 10.2. The largest absolute Gasteiger partial charge is 0.475 e. The third-order valence-electron chi connectivity index (χ3n) is 2.90. The van der Waals surface area contributed by atoms with Gasteiger partial charge in [0.2, 0.25) is 0 Å². The summed E-state index contributed by atoms with van der Waals surface area (Å²) < 4.78 is 1.69. The van der Waals surface area contributed by atoms with Gasteiger partial charge < -0.3 is 5.11 Å². The molecule has 3 heterocycles. The van der Waals surface area contributed by atoms with Crippen LogP contribution in [0.15, 0.2) is 48.9 Å². The molecule has 0 aliphatic carbocycles. The fraction of sp³-hybridized carbons (Fsp3) is 0. The third-order valence-corrected chi connectivity index (χ3v) is 2.90. The van der Waals surface area contributed by atoms with Gasteiger partial charge >= 0.3 is 5.97 Å². The second kappa shape index (κ2) is 4.58. The maximum Gasteiger partial charge on any atom is 0.379 e. The topological polar surface area (TPSA) is 84.6 Å². The number of pyridine rings is 2. The number of carboxylic acids is 1. The summed E-state index contributed by atoms with van der Waals surface area (Å²) in [6.45, 7) is 0. The van der Waals surface area contributed by atoms with E-state index in [0.717, 1.165) is 5.56 Å². The summed E-state index contributed by atoms with van der Waals surface area (Å²) in [6, 6.07) is 8.67. The minimum Gasteiger partial charge on any atom is -0.475 e. The number of aromatic nitrogens is 3. The Kier molecular flexibility index (Phi) is 2.76. The number of rotatable bonds is 3. The van der Waals surface area contributed by atoms with Crippen LogP contribution in [0.4, 0.5) is 0 Å².